The monoisotopic (exact) mass is 798 g/mol. The first-order valence-electron chi connectivity index (χ1n) is 19.4. The fourth-order valence-electron chi connectivity index (χ4n) is 7.11. The van der Waals surface area contributed by atoms with Crippen molar-refractivity contribution in [2.75, 3.05) is 35.9 Å². The second-order valence-electron chi connectivity index (χ2n) is 14.5. The average Bonchev–Trinajstić information content (AvgIpc) is 3.82. The largest absolute Gasteiger partial charge is 0.381 e. The molecule has 12 nitrogen and oxygen atoms in total. The van der Waals surface area contributed by atoms with Gasteiger partial charge in [-0.1, -0.05) is 38.1 Å². The molecule has 0 unspecified atom stereocenters. The summed E-state index contributed by atoms with van der Waals surface area (Å²) in [5.41, 5.74) is 5.22. The molecule has 14 heteroatoms. The van der Waals surface area contributed by atoms with Gasteiger partial charge in [0.05, 0.1) is 27.0 Å². The smallest absolute Gasteiger partial charge is 0.261 e. The van der Waals surface area contributed by atoms with Gasteiger partial charge in [0.2, 0.25) is 0 Å². The zero-order chi connectivity index (χ0) is 39.1. The number of hydrogen-bond acceptors (Lipinski definition) is 8. The predicted molar refractivity (Wildman–Crippen MR) is 220 cm³/mol. The van der Waals surface area contributed by atoms with E-state index in [4.69, 9.17) is 9.47 Å². The number of aromatic nitrogens is 4. The van der Waals surface area contributed by atoms with E-state index in [0.29, 0.717) is 23.2 Å². The molecule has 0 bridgehead atoms. The van der Waals surface area contributed by atoms with Gasteiger partial charge < -0.3 is 9.47 Å². The van der Waals surface area contributed by atoms with Gasteiger partial charge in [0.25, 0.3) is 20.0 Å². The second kappa shape index (κ2) is 17.6. The van der Waals surface area contributed by atoms with Crippen molar-refractivity contribution in [2.45, 2.75) is 75.3 Å². The number of nitrogens with one attached hydrogen (secondary N) is 2. The maximum Gasteiger partial charge on any atom is 0.261 e. The van der Waals surface area contributed by atoms with Gasteiger partial charge in [-0.15, -0.1) is 0 Å². The highest BCUT2D eigenvalue weighted by atomic mass is 32.2. The Labute approximate surface area is 329 Å². The Kier molecular flexibility index (Phi) is 12.4. The summed E-state index contributed by atoms with van der Waals surface area (Å²) in [6.45, 7) is 9.02. The summed E-state index contributed by atoms with van der Waals surface area (Å²) in [7, 11) is -7.29. The number of benzene rings is 4. The molecule has 0 saturated carbocycles. The van der Waals surface area contributed by atoms with E-state index in [0.717, 1.165) is 99.8 Å². The molecule has 4 aromatic carbocycles. The molecule has 2 aliphatic heterocycles. The molecule has 0 spiro atoms. The fourth-order valence-corrected chi connectivity index (χ4v) is 9.29. The molecule has 6 aromatic rings. The minimum absolute atomic E-state index is 0.241. The Morgan fingerprint density at radius 2 is 1.14 bits per heavy atom. The van der Waals surface area contributed by atoms with Crippen molar-refractivity contribution in [1.82, 2.24) is 19.6 Å². The minimum atomic E-state index is -3.65. The molecule has 2 aliphatic rings. The van der Waals surface area contributed by atoms with Crippen molar-refractivity contribution in [2.24, 2.45) is 11.8 Å². The Morgan fingerprint density at radius 1 is 0.643 bits per heavy atom. The van der Waals surface area contributed by atoms with Crippen LogP contribution < -0.4 is 9.44 Å². The highest BCUT2D eigenvalue weighted by Gasteiger charge is 2.20. The summed E-state index contributed by atoms with van der Waals surface area (Å²) in [5, 5.41) is 10.7. The topological polar surface area (TPSA) is 146 Å². The van der Waals surface area contributed by atoms with E-state index < -0.39 is 20.0 Å². The lowest BCUT2D eigenvalue weighted by molar-refractivity contribution is 0.0602. The van der Waals surface area contributed by atoms with Crippen molar-refractivity contribution < 1.29 is 26.3 Å². The van der Waals surface area contributed by atoms with Crippen LogP contribution >= 0.6 is 0 Å². The number of aryl methyl sites for hydroxylation is 2. The first-order valence-corrected chi connectivity index (χ1v) is 22.4. The van der Waals surface area contributed by atoms with Crippen molar-refractivity contribution in [1.29, 1.82) is 0 Å². The average molecular weight is 799 g/mol. The first kappa shape index (κ1) is 39.5. The molecular formula is C42H50N6O6S2. The summed E-state index contributed by atoms with van der Waals surface area (Å²) in [5.74, 6) is 1.10. The number of anilines is 2. The maximum atomic E-state index is 12.8. The third-order valence-electron chi connectivity index (χ3n) is 10.5. The summed E-state index contributed by atoms with van der Waals surface area (Å²) < 4.78 is 71.1. The molecule has 0 radical (unpaired) electrons. The fraction of sp³-hybridized carbons (Fsp3) is 0.381. The number of nitrogens with zero attached hydrogens (tertiary/aromatic N) is 4. The van der Waals surface area contributed by atoms with Gasteiger partial charge in [-0.3, -0.25) is 18.8 Å². The van der Waals surface area contributed by atoms with Crippen LogP contribution in [0.5, 0.6) is 0 Å². The van der Waals surface area contributed by atoms with E-state index in [1.807, 2.05) is 45.9 Å². The van der Waals surface area contributed by atoms with Crippen molar-refractivity contribution in [3.8, 4) is 0 Å². The van der Waals surface area contributed by atoms with E-state index in [1.54, 1.807) is 60.8 Å². The van der Waals surface area contributed by atoms with Crippen molar-refractivity contribution in [3.05, 3.63) is 108 Å². The molecule has 8 rings (SSSR count). The first-order chi connectivity index (χ1) is 27.1. The Bertz CT molecular complexity index is 2360. The molecule has 4 heterocycles. The van der Waals surface area contributed by atoms with Crippen LogP contribution in [0.15, 0.2) is 107 Å². The van der Waals surface area contributed by atoms with E-state index >= 15 is 0 Å². The number of hydrogen-bond donors (Lipinski definition) is 2. The quantitative estimate of drug-likeness (QED) is 0.128. The van der Waals surface area contributed by atoms with Crippen LogP contribution in [0.1, 0.15) is 50.7 Å². The van der Waals surface area contributed by atoms with Gasteiger partial charge in [0, 0.05) is 67.9 Å². The molecule has 2 fully saturated rings. The third-order valence-corrected chi connectivity index (χ3v) is 13.3. The van der Waals surface area contributed by atoms with Crippen LogP contribution in [0.25, 0.3) is 21.8 Å². The van der Waals surface area contributed by atoms with Gasteiger partial charge >= 0.3 is 0 Å². The number of fused-ring (bicyclic) bond motifs is 2. The predicted octanol–water partition coefficient (Wildman–Crippen LogP) is 7.65. The Hall–Kier alpha value is -4.76. The van der Waals surface area contributed by atoms with Gasteiger partial charge in [0.15, 0.2) is 0 Å². The highest BCUT2D eigenvalue weighted by molar-refractivity contribution is 7.93. The molecule has 0 amide bonds. The summed E-state index contributed by atoms with van der Waals surface area (Å²) in [4.78, 5) is 0.482. The van der Waals surface area contributed by atoms with E-state index in [-0.39, 0.29) is 9.79 Å². The molecule has 2 aromatic heterocycles. The Balaban J connectivity index is 0.000000172. The van der Waals surface area contributed by atoms with E-state index in [2.05, 4.69) is 33.5 Å². The zero-order valence-electron chi connectivity index (χ0n) is 31.9. The summed E-state index contributed by atoms with van der Waals surface area (Å²) in [6.07, 6.45) is 9.66. The summed E-state index contributed by atoms with van der Waals surface area (Å²) in [6, 6.07) is 25.1. The van der Waals surface area contributed by atoms with Crippen LogP contribution in [0, 0.1) is 11.8 Å². The Morgan fingerprint density at radius 3 is 1.68 bits per heavy atom. The normalized spacial score (nSPS) is 15.8. The number of rotatable bonds is 12. The van der Waals surface area contributed by atoms with Crippen LogP contribution in [-0.2, 0) is 55.5 Å². The standard InChI is InChI=1S/2C21H25N3O3S/c1-2-16-3-5-19(6-4-16)23-28(25,26)20-7-8-21-18(13-20)14-22-24(21)15-17-9-11-27-12-10-17;1-2-16-3-5-19(6-4-16)23-28(25,26)20-7-8-21-18(13-20)15-24(22-21)14-17-9-11-27-12-10-17/h3-8,13-14,17,23H,2,9-12,15H2,1H3;3-8,13,15,17,23H,2,9-12,14H2,1H3. The molecule has 2 N–H and O–H groups in total. The lowest BCUT2D eigenvalue weighted by atomic mass is 10.0. The van der Waals surface area contributed by atoms with Gasteiger partial charge in [-0.2, -0.15) is 10.2 Å². The maximum absolute atomic E-state index is 12.8. The highest BCUT2D eigenvalue weighted by Crippen LogP contribution is 2.26. The van der Waals surface area contributed by atoms with Gasteiger partial charge in [-0.05, 0) is 122 Å². The molecule has 2 saturated heterocycles. The molecule has 0 aliphatic carbocycles. The zero-order valence-corrected chi connectivity index (χ0v) is 33.6. The molecule has 56 heavy (non-hydrogen) atoms. The van der Waals surface area contributed by atoms with Gasteiger partial charge in [-0.25, -0.2) is 16.8 Å². The van der Waals surface area contributed by atoms with Crippen molar-refractivity contribution in [3.63, 3.8) is 0 Å². The van der Waals surface area contributed by atoms with Crippen LogP contribution in [0.4, 0.5) is 11.4 Å². The third kappa shape index (κ3) is 9.78. The van der Waals surface area contributed by atoms with E-state index in [9.17, 15) is 16.8 Å². The second-order valence-corrected chi connectivity index (χ2v) is 17.9. The van der Waals surface area contributed by atoms with Crippen LogP contribution in [0.3, 0.4) is 0 Å². The van der Waals surface area contributed by atoms with Crippen LogP contribution in [-0.4, -0.2) is 62.8 Å². The number of sulfonamides is 2. The summed E-state index contributed by atoms with van der Waals surface area (Å²) >= 11 is 0. The SMILES string of the molecule is CCc1ccc(NS(=O)(=O)c2ccc3c(cnn3CC3CCOCC3)c2)cc1.CCc1ccc(NS(=O)(=O)c2ccc3nn(CC4CCOCC4)cc3c2)cc1. The molecule has 0 atom stereocenters. The lowest BCUT2D eigenvalue weighted by Gasteiger charge is -2.22. The lowest BCUT2D eigenvalue weighted by Crippen LogP contribution is -2.20. The minimum Gasteiger partial charge on any atom is -0.381 e. The number of ether oxygens (including phenoxy) is 2. The van der Waals surface area contributed by atoms with Gasteiger partial charge in [0.1, 0.15) is 0 Å². The van der Waals surface area contributed by atoms with E-state index in [1.165, 1.54) is 11.1 Å². The molecular weight excluding hydrogens is 749 g/mol. The van der Waals surface area contributed by atoms with Crippen LogP contribution in [0.2, 0.25) is 0 Å². The van der Waals surface area contributed by atoms with Crippen molar-refractivity contribution >= 4 is 53.2 Å². The molecule has 296 valence electrons.